The molecule has 1 amide bonds. The van der Waals surface area contributed by atoms with Crippen LogP contribution in [0.5, 0.6) is 11.5 Å². The summed E-state index contributed by atoms with van der Waals surface area (Å²) in [6.07, 6.45) is 0. The number of rotatable bonds is 5. The van der Waals surface area contributed by atoms with Gasteiger partial charge in [0.2, 0.25) is 5.91 Å². The summed E-state index contributed by atoms with van der Waals surface area (Å²) in [4.78, 5) is 14.1. The van der Waals surface area contributed by atoms with E-state index >= 15 is 0 Å². The van der Waals surface area contributed by atoms with E-state index < -0.39 is 0 Å². The minimum absolute atomic E-state index is 0.0522. The zero-order chi connectivity index (χ0) is 15.4. The zero-order valence-electron chi connectivity index (χ0n) is 13.0. The minimum atomic E-state index is 0.0522. The van der Waals surface area contributed by atoms with Crippen LogP contribution in [-0.4, -0.2) is 45.2 Å². The van der Waals surface area contributed by atoms with Crippen molar-refractivity contribution >= 4 is 5.91 Å². The summed E-state index contributed by atoms with van der Waals surface area (Å²) in [6, 6.07) is 5.69. The summed E-state index contributed by atoms with van der Waals surface area (Å²) in [7, 11) is 5.02. The fourth-order valence-corrected chi connectivity index (χ4v) is 2.36. The number of likely N-dealkylation sites (N-methyl/N-ethyl adjacent to an activating group) is 1. The average Bonchev–Trinajstić information content (AvgIpc) is 2.44. The van der Waals surface area contributed by atoms with Gasteiger partial charge in [-0.15, -0.1) is 0 Å². The van der Waals surface area contributed by atoms with Gasteiger partial charge in [0.1, 0.15) is 0 Å². The second-order valence-corrected chi connectivity index (χ2v) is 5.15. The highest BCUT2D eigenvalue weighted by atomic mass is 16.5. The number of hydrogen-bond acceptors (Lipinski definition) is 4. The van der Waals surface area contributed by atoms with E-state index in [-0.39, 0.29) is 5.91 Å². The molecule has 5 nitrogen and oxygen atoms in total. The summed E-state index contributed by atoms with van der Waals surface area (Å²) >= 11 is 0. The van der Waals surface area contributed by atoms with E-state index in [0.717, 1.165) is 24.2 Å². The monoisotopic (exact) mass is 290 g/mol. The molecule has 1 saturated heterocycles. The third-order valence-electron chi connectivity index (χ3n) is 3.77. The first-order chi connectivity index (χ1) is 10.1. The number of carbonyl (C=O) groups excluding carboxylic acids is 1. The number of ether oxygens (including phenoxy) is 2. The van der Waals surface area contributed by atoms with E-state index in [4.69, 9.17) is 9.47 Å². The first-order valence-electron chi connectivity index (χ1n) is 6.93. The van der Waals surface area contributed by atoms with Crippen molar-refractivity contribution < 1.29 is 14.3 Å². The molecule has 0 bridgehead atoms. The molecule has 0 aromatic heterocycles. The topological polar surface area (TPSA) is 50.8 Å². The maximum atomic E-state index is 12.4. The minimum Gasteiger partial charge on any atom is -0.493 e. The summed E-state index contributed by atoms with van der Waals surface area (Å²) in [5.74, 6) is 1.40. The molecule has 1 aliphatic rings. The van der Waals surface area contributed by atoms with Crippen molar-refractivity contribution in [3.63, 3.8) is 0 Å². The Morgan fingerprint density at radius 1 is 1.29 bits per heavy atom. The molecule has 1 heterocycles. The standard InChI is InChI=1S/C16H22N2O3/c1-11(13-8-17-9-13)16(19)18(2)10-12-6-5-7-14(20-3)15(12)21-4/h5-7,17H,8-10H2,1-4H3. The number of methoxy groups -OCH3 is 2. The number of para-hydroxylation sites is 1. The summed E-state index contributed by atoms with van der Waals surface area (Å²) in [6.45, 7) is 4.00. The molecule has 0 spiro atoms. The number of nitrogens with zero attached hydrogens (tertiary/aromatic N) is 1. The van der Waals surface area contributed by atoms with Crippen LogP contribution in [0.2, 0.25) is 0 Å². The van der Waals surface area contributed by atoms with Gasteiger partial charge in [-0.1, -0.05) is 12.1 Å². The van der Waals surface area contributed by atoms with Crippen LogP contribution in [0.3, 0.4) is 0 Å². The Morgan fingerprint density at radius 3 is 2.52 bits per heavy atom. The van der Waals surface area contributed by atoms with Gasteiger partial charge < -0.3 is 19.7 Å². The molecule has 0 atom stereocenters. The lowest BCUT2D eigenvalue weighted by Gasteiger charge is -2.25. The van der Waals surface area contributed by atoms with Crippen LogP contribution in [-0.2, 0) is 11.3 Å². The van der Waals surface area contributed by atoms with Crippen molar-refractivity contribution in [1.82, 2.24) is 10.2 Å². The number of benzene rings is 1. The van der Waals surface area contributed by atoms with E-state index in [2.05, 4.69) is 5.32 Å². The van der Waals surface area contributed by atoms with Crippen molar-refractivity contribution in [2.45, 2.75) is 13.5 Å². The van der Waals surface area contributed by atoms with Crippen molar-refractivity contribution in [1.29, 1.82) is 0 Å². The second-order valence-electron chi connectivity index (χ2n) is 5.15. The lowest BCUT2D eigenvalue weighted by Crippen LogP contribution is -2.38. The van der Waals surface area contributed by atoms with E-state index in [1.54, 1.807) is 26.2 Å². The molecular weight excluding hydrogens is 268 g/mol. The molecule has 114 valence electrons. The molecule has 2 rings (SSSR count). The fourth-order valence-electron chi connectivity index (χ4n) is 2.36. The first-order valence-corrected chi connectivity index (χ1v) is 6.93. The highest BCUT2D eigenvalue weighted by Crippen LogP contribution is 2.31. The van der Waals surface area contributed by atoms with Gasteiger partial charge in [-0.25, -0.2) is 0 Å². The summed E-state index contributed by atoms with van der Waals surface area (Å²) in [5.41, 5.74) is 2.94. The van der Waals surface area contributed by atoms with Crippen LogP contribution < -0.4 is 14.8 Å². The van der Waals surface area contributed by atoms with Crippen LogP contribution in [0, 0.1) is 0 Å². The van der Waals surface area contributed by atoms with Crippen molar-refractivity contribution in [2.24, 2.45) is 0 Å². The van der Waals surface area contributed by atoms with Crippen LogP contribution in [0.1, 0.15) is 12.5 Å². The van der Waals surface area contributed by atoms with Gasteiger partial charge in [-0.05, 0) is 18.6 Å². The number of amides is 1. The molecular formula is C16H22N2O3. The number of carbonyl (C=O) groups is 1. The molecule has 21 heavy (non-hydrogen) atoms. The van der Waals surface area contributed by atoms with Crippen LogP contribution in [0.15, 0.2) is 29.3 Å². The van der Waals surface area contributed by atoms with Gasteiger partial charge >= 0.3 is 0 Å². The number of nitrogens with one attached hydrogen (secondary N) is 1. The largest absolute Gasteiger partial charge is 0.493 e. The Kier molecular flexibility index (Phi) is 4.85. The Morgan fingerprint density at radius 2 is 2.00 bits per heavy atom. The lowest BCUT2D eigenvalue weighted by atomic mass is 10.0. The second kappa shape index (κ2) is 6.63. The first kappa shape index (κ1) is 15.4. The molecule has 0 radical (unpaired) electrons. The van der Waals surface area contributed by atoms with Crippen LogP contribution in [0.25, 0.3) is 0 Å². The third kappa shape index (κ3) is 3.19. The Labute approximate surface area is 125 Å². The van der Waals surface area contributed by atoms with E-state index in [0.29, 0.717) is 18.0 Å². The normalized spacial score (nSPS) is 13.4. The Bertz CT molecular complexity index is 561. The smallest absolute Gasteiger partial charge is 0.249 e. The van der Waals surface area contributed by atoms with E-state index in [1.807, 2.05) is 25.1 Å². The average molecular weight is 290 g/mol. The van der Waals surface area contributed by atoms with Gasteiger partial charge in [0.15, 0.2) is 11.5 Å². The summed E-state index contributed by atoms with van der Waals surface area (Å²) in [5, 5.41) is 3.15. The van der Waals surface area contributed by atoms with Crippen molar-refractivity contribution in [3.8, 4) is 11.5 Å². The molecule has 1 aromatic carbocycles. The van der Waals surface area contributed by atoms with E-state index in [1.165, 1.54) is 5.57 Å². The highest BCUT2D eigenvalue weighted by Gasteiger charge is 2.20. The van der Waals surface area contributed by atoms with Gasteiger partial charge in [0.25, 0.3) is 0 Å². The molecule has 5 heteroatoms. The maximum absolute atomic E-state index is 12.4. The van der Waals surface area contributed by atoms with E-state index in [9.17, 15) is 4.79 Å². The Hall–Kier alpha value is -2.01. The lowest BCUT2D eigenvalue weighted by molar-refractivity contribution is -0.126. The highest BCUT2D eigenvalue weighted by molar-refractivity contribution is 5.93. The molecule has 1 aromatic rings. The van der Waals surface area contributed by atoms with Crippen molar-refractivity contribution in [2.75, 3.05) is 34.4 Å². The molecule has 0 aliphatic carbocycles. The quantitative estimate of drug-likeness (QED) is 0.837. The molecule has 1 aliphatic heterocycles. The van der Waals surface area contributed by atoms with Gasteiger partial charge in [-0.2, -0.15) is 0 Å². The molecule has 1 fully saturated rings. The van der Waals surface area contributed by atoms with Gasteiger partial charge in [0.05, 0.1) is 14.2 Å². The predicted molar refractivity (Wildman–Crippen MR) is 81.6 cm³/mol. The van der Waals surface area contributed by atoms with Crippen LogP contribution >= 0.6 is 0 Å². The zero-order valence-corrected chi connectivity index (χ0v) is 13.0. The van der Waals surface area contributed by atoms with Crippen LogP contribution in [0.4, 0.5) is 0 Å². The van der Waals surface area contributed by atoms with Gasteiger partial charge in [0, 0.05) is 37.8 Å². The van der Waals surface area contributed by atoms with Gasteiger partial charge in [-0.3, -0.25) is 4.79 Å². The van der Waals surface area contributed by atoms with Crippen molar-refractivity contribution in [3.05, 3.63) is 34.9 Å². The number of hydrogen-bond donors (Lipinski definition) is 1. The molecule has 1 N–H and O–H groups in total. The predicted octanol–water partition coefficient (Wildman–Crippen LogP) is 1.58. The fraction of sp³-hybridized carbons (Fsp3) is 0.438. The Balaban J connectivity index is 2.16. The third-order valence-corrected chi connectivity index (χ3v) is 3.77. The molecule has 0 saturated carbocycles. The SMILES string of the molecule is COc1cccc(CN(C)C(=O)C(C)=C2CNC2)c1OC. The maximum Gasteiger partial charge on any atom is 0.249 e. The summed E-state index contributed by atoms with van der Waals surface area (Å²) < 4.78 is 10.7. The molecule has 0 unspecified atom stereocenters.